The van der Waals surface area contributed by atoms with Crippen LogP contribution in [0, 0.1) is 6.92 Å². The largest absolute Gasteiger partial charge is 0.478 e. The molecule has 2 aromatic heterocycles. The second-order valence-electron chi connectivity index (χ2n) is 7.83. The van der Waals surface area contributed by atoms with E-state index < -0.39 is 0 Å². The van der Waals surface area contributed by atoms with Crippen molar-refractivity contribution in [2.24, 2.45) is 0 Å². The number of hydrogen-bond acceptors (Lipinski definition) is 5. The topological polar surface area (TPSA) is 61.5 Å². The van der Waals surface area contributed by atoms with Crippen LogP contribution in [0.5, 0.6) is 5.88 Å². The van der Waals surface area contributed by atoms with Gasteiger partial charge in [-0.2, -0.15) is 4.98 Å². The molecule has 164 valence electrons. The number of nitrogens with one attached hydrogen (secondary N) is 1. The summed E-state index contributed by atoms with van der Waals surface area (Å²) in [7, 11) is 0. The molecule has 0 atom stereocenters. The van der Waals surface area contributed by atoms with Crippen LogP contribution in [0.3, 0.4) is 0 Å². The lowest BCUT2D eigenvalue weighted by atomic mass is 10.2. The molecule has 0 spiro atoms. The van der Waals surface area contributed by atoms with Crippen LogP contribution in [0.1, 0.15) is 18.4 Å². The summed E-state index contributed by atoms with van der Waals surface area (Å²) in [5, 5.41) is 2.14. The molecular weight excluding hydrogens is 435 g/mol. The van der Waals surface area contributed by atoms with E-state index in [1.54, 1.807) is 6.92 Å². The molecule has 6 nitrogen and oxygen atoms in total. The standard InChI is InChI=1S/C23H26Cl2N4O2/c1-16-15-17-7-8-20(26-22(17)27-23(16)30)31-14-3-2-9-28-10-12-29(13-11-28)19-6-4-5-18(24)21(19)25/h4-8,15H,2-3,9-14H2,1H3,(H,26,27,30). The first-order chi connectivity index (χ1) is 15.0. The number of nitrogens with zero attached hydrogens (tertiary/aromatic N) is 3. The average Bonchev–Trinajstić information content (AvgIpc) is 2.77. The highest BCUT2D eigenvalue weighted by atomic mass is 35.5. The Morgan fingerprint density at radius 2 is 1.90 bits per heavy atom. The van der Waals surface area contributed by atoms with Crippen molar-refractivity contribution in [1.29, 1.82) is 0 Å². The first-order valence-electron chi connectivity index (χ1n) is 10.6. The Kier molecular flexibility index (Phi) is 7.00. The molecule has 0 saturated carbocycles. The number of hydrogen-bond donors (Lipinski definition) is 1. The number of aromatic nitrogens is 2. The van der Waals surface area contributed by atoms with Gasteiger partial charge in [-0.15, -0.1) is 0 Å². The van der Waals surface area contributed by atoms with Crippen LogP contribution >= 0.6 is 23.2 Å². The zero-order valence-electron chi connectivity index (χ0n) is 17.5. The summed E-state index contributed by atoms with van der Waals surface area (Å²) in [6, 6.07) is 11.4. The van der Waals surface area contributed by atoms with Crippen LogP contribution in [0.25, 0.3) is 11.0 Å². The van der Waals surface area contributed by atoms with Gasteiger partial charge in [0.15, 0.2) is 0 Å². The number of H-pyrrole nitrogens is 1. The van der Waals surface area contributed by atoms with Crippen molar-refractivity contribution in [2.75, 3.05) is 44.2 Å². The maximum atomic E-state index is 11.8. The molecule has 1 N–H and O–H groups in total. The van der Waals surface area contributed by atoms with Crippen molar-refractivity contribution in [3.8, 4) is 5.88 Å². The molecule has 4 rings (SSSR count). The molecule has 0 bridgehead atoms. The van der Waals surface area contributed by atoms with Gasteiger partial charge in [0.2, 0.25) is 5.88 Å². The second kappa shape index (κ2) is 9.90. The zero-order chi connectivity index (χ0) is 21.8. The van der Waals surface area contributed by atoms with E-state index in [0.717, 1.165) is 56.6 Å². The van der Waals surface area contributed by atoms with Gasteiger partial charge < -0.3 is 14.6 Å². The number of aromatic amines is 1. The Hall–Kier alpha value is -2.28. The first kappa shape index (κ1) is 21.9. The molecule has 1 aromatic carbocycles. The van der Waals surface area contributed by atoms with Gasteiger partial charge in [-0.1, -0.05) is 29.3 Å². The van der Waals surface area contributed by atoms with Gasteiger partial charge in [0.1, 0.15) is 5.65 Å². The molecule has 1 saturated heterocycles. The summed E-state index contributed by atoms with van der Waals surface area (Å²) in [5.41, 5.74) is 2.14. The minimum atomic E-state index is -0.116. The van der Waals surface area contributed by atoms with Crippen molar-refractivity contribution in [3.05, 3.63) is 62.4 Å². The maximum Gasteiger partial charge on any atom is 0.252 e. The number of unbranched alkanes of at least 4 members (excludes halogenated alkanes) is 1. The molecule has 3 heterocycles. The SMILES string of the molecule is Cc1cc2ccc(OCCCCN3CCN(c4cccc(Cl)c4Cl)CC3)nc2[nH]c1=O. The first-order valence-corrected chi connectivity index (χ1v) is 11.3. The van der Waals surface area contributed by atoms with Gasteiger partial charge in [-0.3, -0.25) is 9.69 Å². The van der Waals surface area contributed by atoms with E-state index in [1.165, 1.54) is 0 Å². The highest BCUT2D eigenvalue weighted by Gasteiger charge is 2.19. The Bertz CT molecular complexity index is 1110. The molecular formula is C23H26Cl2N4O2. The number of anilines is 1. The summed E-state index contributed by atoms with van der Waals surface area (Å²) in [5.74, 6) is 0.541. The lowest BCUT2D eigenvalue weighted by molar-refractivity contribution is 0.237. The average molecular weight is 461 g/mol. The van der Waals surface area contributed by atoms with Crippen molar-refractivity contribution in [2.45, 2.75) is 19.8 Å². The van der Waals surface area contributed by atoms with Gasteiger partial charge in [-0.25, -0.2) is 0 Å². The van der Waals surface area contributed by atoms with Gasteiger partial charge in [-0.05, 0) is 50.6 Å². The molecule has 0 radical (unpaired) electrons. The summed E-state index contributed by atoms with van der Waals surface area (Å²) in [4.78, 5) is 23.7. The minimum absolute atomic E-state index is 0.116. The summed E-state index contributed by atoms with van der Waals surface area (Å²) in [6.45, 7) is 7.32. The third kappa shape index (κ3) is 5.32. The molecule has 1 aliphatic rings. The molecule has 1 fully saturated rings. The summed E-state index contributed by atoms with van der Waals surface area (Å²) < 4.78 is 5.79. The zero-order valence-corrected chi connectivity index (χ0v) is 19.0. The Balaban J connectivity index is 1.19. The summed E-state index contributed by atoms with van der Waals surface area (Å²) >= 11 is 12.5. The normalized spacial score (nSPS) is 14.9. The number of pyridine rings is 2. The molecule has 0 unspecified atom stereocenters. The molecule has 8 heteroatoms. The number of ether oxygens (including phenoxy) is 1. The third-order valence-corrected chi connectivity index (χ3v) is 6.43. The van der Waals surface area contributed by atoms with E-state index in [2.05, 4.69) is 19.8 Å². The Labute approximate surface area is 191 Å². The number of piperazine rings is 1. The minimum Gasteiger partial charge on any atom is -0.478 e. The molecule has 1 aliphatic heterocycles. The van der Waals surface area contributed by atoms with Gasteiger partial charge in [0.25, 0.3) is 5.56 Å². The number of rotatable bonds is 7. The predicted octanol–water partition coefficient (Wildman–Crippen LogP) is 4.52. The van der Waals surface area contributed by atoms with Crippen LogP contribution in [0.2, 0.25) is 10.0 Å². The quantitative estimate of drug-likeness (QED) is 0.525. The monoisotopic (exact) mass is 460 g/mol. The fraction of sp³-hybridized carbons (Fsp3) is 0.391. The highest BCUT2D eigenvalue weighted by Crippen LogP contribution is 2.32. The van der Waals surface area contributed by atoms with Crippen LogP contribution in [0.15, 0.2) is 41.2 Å². The van der Waals surface area contributed by atoms with Crippen molar-refractivity contribution in [1.82, 2.24) is 14.9 Å². The van der Waals surface area contributed by atoms with Gasteiger partial charge >= 0.3 is 0 Å². The van der Waals surface area contributed by atoms with Crippen molar-refractivity contribution in [3.63, 3.8) is 0 Å². The molecule has 0 amide bonds. The van der Waals surface area contributed by atoms with Crippen LogP contribution in [-0.2, 0) is 0 Å². The number of fused-ring (bicyclic) bond motifs is 1. The van der Waals surface area contributed by atoms with E-state index in [0.29, 0.717) is 33.7 Å². The van der Waals surface area contributed by atoms with E-state index >= 15 is 0 Å². The number of aryl methyl sites for hydroxylation is 1. The third-order valence-electron chi connectivity index (χ3n) is 5.63. The van der Waals surface area contributed by atoms with Gasteiger partial charge in [0, 0.05) is 43.2 Å². The predicted molar refractivity (Wildman–Crippen MR) is 127 cm³/mol. The number of benzene rings is 1. The maximum absolute atomic E-state index is 11.8. The second-order valence-corrected chi connectivity index (χ2v) is 8.61. The fourth-order valence-electron chi connectivity index (χ4n) is 3.82. The lowest BCUT2D eigenvalue weighted by Crippen LogP contribution is -2.46. The van der Waals surface area contributed by atoms with Crippen molar-refractivity contribution >= 4 is 39.9 Å². The van der Waals surface area contributed by atoms with Crippen LogP contribution < -0.4 is 15.2 Å². The smallest absolute Gasteiger partial charge is 0.252 e. The van der Waals surface area contributed by atoms with Crippen LogP contribution in [0.4, 0.5) is 5.69 Å². The fourth-order valence-corrected chi connectivity index (χ4v) is 4.23. The highest BCUT2D eigenvalue weighted by molar-refractivity contribution is 6.43. The van der Waals surface area contributed by atoms with Crippen molar-refractivity contribution < 1.29 is 4.74 Å². The Morgan fingerprint density at radius 1 is 1.10 bits per heavy atom. The molecule has 0 aliphatic carbocycles. The Morgan fingerprint density at radius 3 is 2.71 bits per heavy atom. The summed E-state index contributed by atoms with van der Waals surface area (Å²) in [6.07, 6.45) is 2.01. The molecule has 3 aromatic rings. The number of halogens is 2. The van der Waals surface area contributed by atoms with Gasteiger partial charge in [0.05, 0.1) is 22.3 Å². The van der Waals surface area contributed by atoms with E-state index in [-0.39, 0.29) is 5.56 Å². The molecule has 31 heavy (non-hydrogen) atoms. The van der Waals surface area contributed by atoms with E-state index in [1.807, 2.05) is 36.4 Å². The van der Waals surface area contributed by atoms with Crippen LogP contribution in [-0.4, -0.2) is 54.2 Å². The van der Waals surface area contributed by atoms with E-state index in [9.17, 15) is 4.79 Å². The lowest BCUT2D eigenvalue weighted by Gasteiger charge is -2.36. The van der Waals surface area contributed by atoms with E-state index in [4.69, 9.17) is 27.9 Å².